The number of hydrogen-bond acceptors (Lipinski definition) is 3. The summed E-state index contributed by atoms with van der Waals surface area (Å²) in [7, 11) is 4.02. The highest BCUT2D eigenvalue weighted by atomic mass is 16.5. The number of hydrogen-bond donors (Lipinski definition) is 0. The van der Waals surface area contributed by atoms with Crippen molar-refractivity contribution in [1.29, 1.82) is 0 Å². The molecular formula is C32H55NO2. The van der Waals surface area contributed by atoms with Crippen molar-refractivity contribution in [1.82, 2.24) is 4.90 Å². The van der Waals surface area contributed by atoms with Crippen LogP contribution in [0.1, 0.15) is 112 Å². The average molecular weight is 486 g/mol. The Balaban J connectivity index is 1.40. The molecule has 0 aromatic rings. The predicted octanol–water partition coefficient (Wildman–Crippen LogP) is 7.89. The van der Waals surface area contributed by atoms with Crippen LogP contribution < -0.4 is 0 Å². The maximum atomic E-state index is 12.4. The lowest BCUT2D eigenvalue weighted by atomic mass is 9.47. The van der Waals surface area contributed by atoms with E-state index in [9.17, 15) is 4.79 Å². The van der Waals surface area contributed by atoms with Crippen LogP contribution in [0.4, 0.5) is 0 Å². The largest absolute Gasteiger partial charge is 0.462 e. The van der Waals surface area contributed by atoms with E-state index in [0.29, 0.717) is 17.3 Å². The molecule has 0 unspecified atom stereocenters. The van der Waals surface area contributed by atoms with E-state index in [0.717, 1.165) is 54.9 Å². The van der Waals surface area contributed by atoms with Gasteiger partial charge in [-0.05, 0) is 105 Å². The van der Waals surface area contributed by atoms with Crippen molar-refractivity contribution in [3.05, 3.63) is 11.6 Å². The molecule has 0 heterocycles. The summed E-state index contributed by atoms with van der Waals surface area (Å²) in [5, 5.41) is 0. The molecule has 0 aliphatic heterocycles. The lowest BCUT2D eigenvalue weighted by Gasteiger charge is -2.58. The summed E-state index contributed by atoms with van der Waals surface area (Å²) in [6, 6.07) is 0. The van der Waals surface area contributed by atoms with E-state index in [4.69, 9.17) is 4.74 Å². The number of nitrogens with zero attached hydrogens (tertiary/aromatic N) is 1. The number of carbonyl (C=O) groups excluding carboxylic acids is 1. The first-order chi connectivity index (χ1) is 16.5. The van der Waals surface area contributed by atoms with Gasteiger partial charge >= 0.3 is 5.97 Å². The Labute approximate surface area is 216 Å². The zero-order valence-electron chi connectivity index (χ0n) is 24.1. The summed E-state index contributed by atoms with van der Waals surface area (Å²) in [5.41, 5.74) is 2.51. The van der Waals surface area contributed by atoms with Gasteiger partial charge in [-0.1, -0.05) is 65.5 Å². The van der Waals surface area contributed by atoms with Gasteiger partial charge in [-0.25, -0.2) is 0 Å². The Bertz CT molecular complexity index is 772. The van der Waals surface area contributed by atoms with Gasteiger partial charge in [-0.15, -0.1) is 0 Å². The molecule has 0 saturated heterocycles. The third-order valence-electron chi connectivity index (χ3n) is 11.3. The highest BCUT2D eigenvalue weighted by Gasteiger charge is 2.59. The Morgan fingerprint density at radius 3 is 2.54 bits per heavy atom. The Morgan fingerprint density at radius 2 is 1.83 bits per heavy atom. The molecule has 200 valence electrons. The number of ether oxygens (including phenoxy) is 1. The van der Waals surface area contributed by atoms with Crippen molar-refractivity contribution in [3.8, 4) is 0 Å². The molecule has 0 N–H and O–H groups in total. The Kier molecular flexibility index (Phi) is 8.46. The number of allylic oxidation sites excluding steroid dienone is 1. The molecule has 4 aliphatic carbocycles. The molecule has 0 radical (unpaired) electrons. The quantitative estimate of drug-likeness (QED) is 0.246. The van der Waals surface area contributed by atoms with Crippen LogP contribution in [0.5, 0.6) is 0 Å². The first-order valence-electron chi connectivity index (χ1n) is 15.1. The topological polar surface area (TPSA) is 29.5 Å². The molecule has 4 rings (SSSR count). The van der Waals surface area contributed by atoms with Gasteiger partial charge in [0.25, 0.3) is 0 Å². The van der Waals surface area contributed by atoms with Crippen molar-refractivity contribution >= 4 is 5.97 Å². The molecule has 0 amide bonds. The standard InChI is InChI=1S/C32H55NO2/c1-22(2)9-8-10-23(3)27-13-14-28-26-12-11-24-21-25(35-30(34)17-20-33(6)7)15-18-31(24,4)29(26)16-19-32(27,28)5/h11,22-23,25-29H,8-10,12-21H2,1-7H3/t23-,25+,26+,27-,28+,29+,31+,32-/m1/s1. The zero-order chi connectivity index (χ0) is 25.4. The molecule has 3 heteroatoms. The minimum Gasteiger partial charge on any atom is -0.462 e. The van der Waals surface area contributed by atoms with E-state index in [1.165, 1.54) is 57.8 Å². The maximum absolute atomic E-state index is 12.4. The summed E-state index contributed by atoms with van der Waals surface area (Å²) in [4.78, 5) is 14.4. The number of esters is 1. The van der Waals surface area contributed by atoms with E-state index in [2.05, 4.69) is 45.6 Å². The molecule has 0 aromatic heterocycles. The van der Waals surface area contributed by atoms with Gasteiger partial charge in [0.2, 0.25) is 0 Å². The third kappa shape index (κ3) is 5.55. The smallest absolute Gasteiger partial charge is 0.307 e. The first-order valence-corrected chi connectivity index (χ1v) is 15.1. The van der Waals surface area contributed by atoms with E-state index in [1.807, 2.05) is 14.1 Å². The molecule has 3 nitrogen and oxygen atoms in total. The number of fused-ring (bicyclic) bond motifs is 5. The second-order valence-corrected chi connectivity index (χ2v) is 14.2. The van der Waals surface area contributed by atoms with Crippen molar-refractivity contribution in [2.24, 2.45) is 46.3 Å². The molecule has 3 saturated carbocycles. The molecule has 3 fully saturated rings. The molecule has 8 atom stereocenters. The van der Waals surface area contributed by atoms with E-state index in [-0.39, 0.29) is 12.1 Å². The van der Waals surface area contributed by atoms with Gasteiger partial charge in [-0.3, -0.25) is 4.79 Å². The minimum absolute atomic E-state index is 0.0190. The fraction of sp³-hybridized carbons (Fsp3) is 0.906. The lowest BCUT2D eigenvalue weighted by molar-refractivity contribution is -0.151. The fourth-order valence-electron chi connectivity index (χ4n) is 9.31. The zero-order valence-corrected chi connectivity index (χ0v) is 24.1. The SMILES string of the molecule is CC(C)CCC[C@@H](C)[C@H]1CC[C@H]2[C@@H]3CC=C4C[C@@H](OC(=O)CCN(C)C)CC[C@]4(C)[C@H]3CC[C@]12C. The van der Waals surface area contributed by atoms with Crippen molar-refractivity contribution in [2.45, 2.75) is 118 Å². The number of carbonyl (C=O) groups is 1. The summed E-state index contributed by atoms with van der Waals surface area (Å²) in [6.07, 6.45) is 17.7. The third-order valence-corrected chi connectivity index (χ3v) is 11.3. The van der Waals surface area contributed by atoms with Gasteiger partial charge in [0.15, 0.2) is 0 Å². The molecule has 0 aromatic carbocycles. The monoisotopic (exact) mass is 485 g/mol. The van der Waals surface area contributed by atoms with Crippen LogP contribution in [0.25, 0.3) is 0 Å². The minimum atomic E-state index is -0.0190. The highest BCUT2D eigenvalue weighted by molar-refractivity contribution is 5.69. The van der Waals surface area contributed by atoms with Gasteiger partial charge < -0.3 is 9.64 Å². The highest BCUT2D eigenvalue weighted by Crippen LogP contribution is 2.67. The van der Waals surface area contributed by atoms with Crippen LogP contribution in [0, 0.1) is 46.3 Å². The fourth-order valence-corrected chi connectivity index (χ4v) is 9.31. The lowest BCUT2D eigenvalue weighted by Crippen LogP contribution is -2.51. The van der Waals surface area contributed by atoms with Gasteiger partial charge in [-0.2, -0.15) is 0 Å². The van der Waals surface area contributed by atoms with Gasteiger partial charge in [0, 0.05) is 13.0 Å². The van der Waals surface area contributed by atoms with Crippen molar-refractivity contribution < 1.29 is 9.53 Å². The average Bonchev–Trinajstić information content (AvgIpc) is 3.15. The Hall–Kier alpha value is -0.830. The Morgan fingerprint density at radius 1 is 1.06 bits per heavy atom. The van der Waals surface area contributed by atoms with E-state index < -0.39 is 0 Å². The maximum Gasteiger partial charge on any atom is 0.307 e. The summed E-state index contributed by atoms with van der Waals surface area (Å²) in [6.45, 7) is 13.3. The van der Waals surface area contributed by atoms with Crippen LogP contribution in [-0.2, 0) is 9.53 Å². The van der Waals surface area contributed by atoms with E-state index >= 15 is 0 Å². The van der Waals surface area contributed by atoms with Gasteiger partial charge in [0.05, 0.1) is 6.42 Å². The molecule has 35 heavy (non-hydrogen) atoms. The summed E-state index contributed by atoms with van der Waals surface area (Å²) >= 11 is 0. The van der Waals surface area contributed by atoms with Crippen LogP contribution in [0.3, 0.4) is 0 Å². The van der Waals surface area contributed by atoms with Crippen LogP contribution >= 0.6 is 0 Å². The predicted molar refractivity (Wildman–Crippen MR) is 146 cm³/mol. The molecular weight excluding hydrogens is 430 g/mol. The molecule has 0 spiro atoms. The second-order valence-electron chi connectivity index (χ2n) is 14.2. The van der Waals surface area contributed by atoms with Crippen LogP contribution in [-0.4, -0.2) is 37.6 Å². The summed E-state index contributed by atoms with van der Waals surface area (Å²) in [5.74, 6) is 5.24. The normalized spacial score (nSPS) is 39.6. The van der Waals surface area contributed by atoms with Crippen LogP contribution in [0.2, 0.25) is 0 Å². The number of rotatable bonds is 9. The molecule has 0 bridgehead atoms. The second kappa shape index (κ2) is 10.9. The van der Waals surface area contributed by atoms with Crippen molar-refractivity contribution in [3.63, 3.8) is 0 Å². The summed E-state index contributed by atoms with van der Waals surface area (Å²) < 4.78 is 5.94. The van der Waals surface area contributed by atoms with Gasteiger partial charge in [0.1, 0.15) is 6.10 Å². The van der Waals surface area contributed by atoms with E-state index in [1.54, 1.807) is 5.57 Å². The first kappa shape index (κ1) is 27.2. The van der Waals surface area contributed by atoms with Crippen LogP contribution in [0.15, 0.2) is 11.6 Å². The van der Waals surface area contributed by atoms with Crippen molar-refractivity contribution in [2.75, 3.05) is 20.6 Å². The molecule has 4 aliphatic rings.